The minimum atomic E-state index is -0.805. The van der Waals surface area contributed by atoms with Crippen molar-refractivity contribution in [1.29, 1.82) is 0 Å². The van der Waals surface area contributed by atoms with E-state index < -0.39 is 5.60 Å². The number of aliphatic hydroxyl groups excluding tert-OH is 1. The van der Waals surface area contributed by atoms with E-state index in [-0.39, 0.29) is 12.7 Å². The number of unbranched alkanes of at least 4 members (excludes halogenated alkanes) is 3. The highest BCUT2D eigenvalue weighted by Crippen LogP contribution is 2.41. The van der Waals surface area contributed by atoms with E-state index in [1.54, 1.807) is 26.0 Å². The van der Waals surface area contributed by atoms with E-state index in [2.05, 4.69) is 41.7 Å². The van der Waals surface area contributed by atoms with Crippen LogP contribution in [0.2, 0.25) is 0 Å². The average molecular weight is 568 g/mol. The highest BCUT2D eigenvalue weighted by Gasteiger charge is 2.37. The van der Waals surface area contributed by atoms with Gasteiger partial charge in [0, 0.05) is 24.7 Å². The zero-order valence-electron chi connectivity index (χ0n) is 23.5. The van der Waals surface area contributed by atoms with E-state index in [1.807, 2.05) is 42.5 Å². The molecule has 0 bridgehead atoms. The van der Waals surface area contributed by atoms with Gasteiger partial charge in [0.25, 0.3) is 0 Å². The van der Waals surface area contributed by atoms with E-state index in [9.17, 15) is 4.79 Å². The van der Waals surface area contributed by atoms with Crippen molar-refractivity contribution in [2.45, 2.75) is 31.3 Å². The maximum absolute atomic E-state index is 11.8. The first kappa shape index (κ1) is 31.3. The van der Waals surface area contributed by atoms with Crippen molar-refractivity contribution in [3.63, 3.8) is 0 Å². The molecule has 0 saturated carbocycles. The first-order valence-corrected chi connectivity index (χ1v) is 14.9. The summed E-state index contributed by atoms with van der Waals surface area (Å²) in [5.74, 6) is 2.92. The Bertz CT molecular complexity index is 1060. The van der Waals surface area contributed by atoms with Crippen LogP contribution in [0.4, 0.5) is 4.79 Å². The van der Waals surface area contributed by atoms with Gasteiger partial charge >= 0.3 is 6.09 Å². The number of nitrogens with one attached hydrogen (secondary N) is 1. The van der Waals surface area contributed by atoms with E-state index in [1.165, 1.54) is 0 Å². The van der Waals surface area contributed by atoms with Crippen LogP contribution < -0.4 is 14.8 Å². The molecule has 3 rings (SSSR count). The van der Waals surface area contributed by atoms with E-state index in [0.29, 0.717) is 31.3 Å². The number of benzene rings is 3. The molecule has 0 heterocycles. The van der Waals surface area contributed by atoms with Crippen molar-refractivity contribution >= 4 is 17.9 Å². The summed E-state index contributed by atoms with van der Waals surface area (Å²) in [6.07, 6.45) is 3.31. The topological polar surface area (TPSA) is 86.3 Å². The summed E-state index contributed by atoms with van der Waals surface area (Å²) in [5.41, 5.74) is 2.27. The Morgan fingerprint density at radius 2 is 1.32 bits per heavy atom. The zero-order valence-corrected chi connectivity index (χ0v) is 24.3. The maximum Gasteiger partial charge on any atom is 0.407 e. The van der Waals surface area contributed by atoms with Gasteiger partial charge in [0.1, 0.15) is 23.7 Å². The minimum absolute atomic E-state index is 0.137. The molecule has 0 aliphatic rings. The summed E-state index contributed by atoms with van der Waals surface area (Å²) in [6.45, 7) is 1.63. The Kier molecular flexibility index (Phi) is 13.7. The molecule has 3 aromatic rings. The molecule has 216 valence electrons. The van der Waals surface area contributed by atoms with E-state index >= 15 is 0 Å². The fraction of sp³-hybridized carbons (Fsp3) is 0.406. The van der Waals surface area contributed by atoms with Crippen LogP contribution in [0, 0.1) is 0 Å². The number of rotatable bonds is 18. The molecule has 0 radical (unpaired) electrons. The molecule has 2 N–H and O–H groups in total. The lowest BCUT2D eigenvalue weighted by molar-refractivity contribution is 0.0106. The van der Waals surface area contributed by atoms with Gasteiger partial charge in [-0.15, -0.1) is 0 Å². The second kappa shape index (κ2) is 17.5. The van der Waals surface area contributed by atoms with Crippen LogP contribution in [0.25, 0.3) is 0 Å². The molecular formula is C32H41NO6S. The lowest BCUT2D eigenvalue weighted by Crippen LogP contribution is -2.33. The van der Waals surface area contributed by atoms with Gasteiger partial charge in [-0.05, 0) is 53.8 Å². The van der Waals surface area contributed by atoms with Crippen LogP contribution >= 0.6 is 11.8 Å². The molecule has 0 spiro atoms. The van der Waals surface area contributed by atoms with Gasteiger partial charge in [-0.2, -0.15) is 11.8 Å². The molecule has 0 unspecified atom stereocenters. The third-order valence-electron chi connectivity index (χ3n) is 6.53. The predicted octanol–water partition coefficient (Wildman–Crippen LogP) is 6.02. The number of hydrogen-bond donors (Lipinski definition) is 2. The quantitative estimate of drug-likeness (QED) is 0.144. The lowest BCUT2D eigenvalue weighted by atomic mass is 9.80. The Hall–Kier alpha value is -3.20. The van der Waals surface area contributed by atoms with Gasteiger partial charge in [0.05, 0.1) is 20.8 Å². The number of methoxy groups -OCH3 is 2. The highest BCUT2D eigenvalue weighted by atomic mass is 32.2. The van der Waals surface area contributed by atoms with Gasteiger partial charge in [0.2, 0.25) is 0 Å². The molecule has 0 saturated heterocycles. The number of thioether (sulfide) groups is 1. The van der Waals surface area contributed by atoms with Crippen molar-refractivity contribution in [2.24, 2.45) is 0 Å². The smallest absolute Gasteiger partial charge is 0.407 e. The molecule has 0 fully saturated rings. The van der Waals surface area contributed by atoms with Gasteiger partial charge < -0.3 is 29.4 Å². The number of carbonyl (C=O) groups is 1. The standard InChI is InChI=1S/C32H41NO6S/c1-36-29-16-12-27(13-17-29)32(26-10-6-5-7-11-26,28-14-18-30(37-2)19-15-28)39-22-9-4-3-8-20-33-31(35)38-23-25-40-24-21-34/h5-7,10-19,34H,3-4,8-9,20-25H2,1-2H3,(H,33,35). The number of alkyl carbamates (subject to hydrolysis) is 1. The number of ether oxygens (including phenoxy) is 4. The summed E-state index contributed by atoms with van der Waals surface area (Å²) in [7, 11) is 3.33. The molecule has 0 aliphatic heterocycles. The molecule has 3 aromatic carbocycles. The number of aliphatic hydroxyl groups is 1. The molecule has 7 nitrogen and oxygen atoms in total. The Balaban J connectivity index is 1.62. The van der Waals surface area contributed by atoms with Crippen LogP contribution in [0.5, 0.6) is 11.5 Å². The summed E-state index contributed by atoms with van der Waals surface area (Å²) in [4.78, 5) is 11.8. The third-order valence-corrected chi connectivity index (χ3v) is 7.46. The first-order chi connectivity index (χ1) is 19.6. The lowest BCUT2D eigenvalue weighted by Gasteiger charge is -2.36. The number of hydrogen-bond acceptors (Lipinski definition) is 7. The molecule has 40 heavy (non-hydrogen) atoms. The average Bonchev–Trinajstić information content (AvgIpc) is 3.01. The zero-order chi connectivity index (χ0) is 28.5. The Morgan fingerprint density at radius 3 is 1.90 bits per heavy atom. The van der Waals surface area contributed by atoms with Gasteiger partial charge in [0.15, 0.2) is 0 Å². The van der Waals surface area contributed by atoms with Gasteiger partial charge in [-0.25, -0.2) is 4.79 Å². The summed E-state index contributed by atoms with van der Waals surface area (Å²) in [6, 6.07) is 26.4. The van der Waals surface area contributed by atoms with Crippen molar-refractivity contribution in [2.75, 3.05) is 52.1 Å². The minimum Gasteiger partial charge on any atom is -0.497 e. The predicted molar refractivity (Wildman–Crippen MR) is 160 cm³/mol. The highest BCUT2D eigenvalue weighted by molar-refractivity contribution is 7.99. The second-order valence-corrected chi connectivity index (χ2v) is 10.4. The SMILES string of the molecule is COc1ccc(C(OCCCCCCNC(=O)OCCSCCO)(c2ccccc2)c2ccc(OC)cc2)cc1. The second-order valence-electron chi connectivity index (χ2n) is 9.17. The molecule has 8 heteroatoms. The molecule has 0 aromatic heterocycles. The van der Waals surface area contributed by atoms with Crippen LogP contribution in [0.1, 0.15) is 42.4 Å². The summed E-state index contributed by atoms with van der Waals surface area (Å²) < 4.78 is 22.8. The number of amides is 1. The third kappa shape index (κ3) is 9.18. The summed E-state index contributed by atoms with van der Waals surface area (Å²) >= 11 is 1.56. The fourth-order valence-electron chi connectivity index (χ4n) is 4.48. The first-order valence-electron chi connectivity index (χ1n) is 13.7. The van der Waals surface area contributed by atoms with Crippen molar-refractivity contribution in [3.05, 3.63) is 95.6 Å². The van der Waals surface area contributed by atoms with Crippen LogP contribution in [0.15, 0.2) is 78.9 Å². The van der Waals surface area contributed by atoms with Crippen LogP contribution in [-0.4, -0.2) is 63.3 Å². The number of carbonyl (C=O) groups excluding carboxylic acids is 1. The van der Waals surface area contributed by atoms with Crippen molar-refractivity contribution in [1.82, 2.24) is 5.32 Å². The Labute approximate surface area is 242 Å². The van der Waals surface area contributed by atoms with Crippen LogP contribution in [-0.2, 0) is 15.1 Å². The summed E-state index contributed by atoms with van der Waals surface area (Å²) in [5, 5.41) is 11.6. The molecule has 0 aliphatic carbocycles. The molecule has 0 atom stereocenters. The van der Waals surface area contributed by atoms with E-state index in [4.69, 9.17) is 24.1 Å². The van der Waals surface area contributed by atoms with Crippen molar-refractivity contribution < 1.29 is 28.8 Å². The van der Waals surface area contributed by atoms with Gasteiger partial charge in [-0.3, -0.25) is 0 Å². The largest absolute Gasteiger partial charge is 0.497 e. The molecular weight excluding hydrogens is 526 g/mol. The van der Waals surface area contributed by atoms with Crippen molar-refractivity contribution in [3.8, 4) is 11.5 Å². The maximum atomic E-state index is 11.8. The normalized spacial score (nSPS) is 11.2. The monoisotopic (exact) mass is 567 g/mol. The van der Waals surface area contributed by atoms with Gasteiger partial charge in [-0.1, -0.05) is 67.4 Å². The fourth-order valence-corrected chi connectivity index (χ4v) is 5.02. The van der Waals surface area contributed by atoms with E-state index in [0.717, 1.165) is 53.9 Å². The molecule has 1 amide bonds. The Morgan fingerprint density at radius 1 is 0.750 bits per heavy atom. The van der Waals surface area contributed by atoms with Crippen LogP contribution in [0.3, 0.4) is 0 Å².